The Bertz CT molecular complexity index is 525. The van der Waals surface area contributed by atoms with Crippen LogP contribution in [0.1, 0.15) is 6.92 Å². The van der Waals surface area contributed by atoms with Crippen molar-refractivity contribution in [2.24, 2.45) is 0 Å². The quantitative estimate of drug-likeness (QED) is 0.774. The van der Waals surface area contributed by atoms with Crippen molar-refractivity contribution in [1.29, 1.82) is 0 Å². The maximum absolute atomic E-state index is 12.9. The number of anilines is 1. The van der Waals surface area contributed by atoms with Gasteiger partial charge in [0.15, 0.2) is 0 Å². The fourth-order valence-electron chi connectivity index (χ4n) is 1.42. The molecule has 3 nitrogen and oxygen atoms in total. The zero-order valence-electron chi connectivity index (χ0n) is 8.12. The second-order valence-electron chi connectivity index (χ2n) is 3.21. The first-order valence-corrected chi connectivity index (χ1v) is 4.48. The fraction of sp³-hybridized carbons (Fsp3) is 0.0909. The standard InChI is InChI=1S/C11H9FN2O/c1-7(15)14-10-4-2-3-8-5-9(12)6-13-11(8)10/h2-6H,1H3,(H,14,15). The molecule has 2 aromatic rings. The second kappa shape index (κ2) is 3.65. The molecule has 0 saturated heterocycles. The van der Waals surface area contributed by atoms with E-state index in [0.717, 1.165) is 6.20 Å². The molecule has 1 aromatic carbocycles. The molecule has 0 aliphatic heterocycles. The molecule has 0 bridgehead atoms. The Morgan fingerprint density at radius 2 is 2.27 bits per heavy atom. The van der Waals surface area contributed by atoms with Crippen LogP contribution in [0.15, 0.2) is 30.5 Å². The second-order valence-corrected chi connectivity index (χ2v) is 3.21. The minimum absolute atomic E-state index is 0.173. The number of pyridine rings is 1. The average Bonchev–Trinajstić information content (AvgIpc) is 2.16. The van der Waals surface area contributed by atoms with Crippen LogP contribution in [0, 0.1) is 5.82 Å². The number of nitrogens with zero attached hydrogens (tertiary/aromatic N) is 1. The minimum atomic E-state index is -0.387. The number of halogens is 1. The maximum Gasteiger partial charge on any atom is 0.221 e. The van der Waals surface area contributed by atoms with Crippen LogP contribution in [-0.4, -0.2) is 10.9 Å². The van der Waals surface area contributed by atoms with E-state index in [-0.39, 0.29) is 11.7 Å². The lowest BCUT2D eigenvalue weighted by atomic mass is 10.2. The molecule has 0 atom stereocenters. The Morgan fingerprint density at radius 3 is 3.00 bits per heavy atom. The molecule has 4 heteroatoms. The molecule has 1 heterocycles. The summed E-state index contributed by atoms with van der Waals surface area (Å²) in [5.74, 6) is -0.559. The van der Waals surface area contributed by atoms with Crippen LogP contribution in [0.3, 0.4) is 0 Å². The van der Waals surface area contributed by atoms with Crippen LogP contribution >= 0.6 is 0 Å². The predicted octanol–water partition coefficient (Wildman–Crippen LogP) is 2.33. The van der Waals surface area contributed by atoms with Gasteiger partial charge < -0.3 is 5.32 Å². The molecular formula is C11H9FN2O. The zero-order chi connectivity index (χ0) is 10.8. The van der Waals surface area contributed by atoms with Gasteiger partial charge in [0.25, 0.3) is 0 Å². The molecule has 0 unspecified atom stereocenters. The average molecular weight is 204 g/mol. The van der Waals surface area contributed by atoms with Gasteiger partial charge in [-0.15, -0.1) is 0 Å². The van der Waals surface area contributed by atoms with Gasteiger partial charge in [-0.3, -0.25) is 9.78 Å². The highest BCUT2D eigenvalue weighted by Gasteiger charge is 2.04. The van der Waals surface area contributed by atoms with Crippen molar-refractivity contribution in [3.63, 3.8) is 0 Å². The highest BCUT2D eigenvalue weighted by atomic mass is 19.1. The van der Waals surface area contributed by atoms with E-state index in [1.54, 1.807) is 18.2 Å². The summed E-state index contributed by atoms with van der Waals surface area (Å²) < 4.78 is 12.9. The molecule has 0 fully saturated rings. The first-order valence-electron chi connectivity index (χ1n) is 4.48. The van der Waals surface area contributed by atoms with Crippen LogP contribution in [0.25, 0.3) is 10.9 Å². The number of hydrogen-bond donors (Lipinski definition) is 1. The van der Waals surface area contributed by atoms with Gasteiger partial charge in [-0.2, -0.15) is 0 Å². The summed E-state index contributed by atoms with van der Waals surface area (Å²) in [7, 11) is 0. The summed E-state index contributed by atoms with van der Waals surface area (Å²) in [5.41, 5.74) is 1.19. The Balaban J connectivity index is 2.60. The number of benzene rings is 1. The van der Waals surface area contributed by atoms with Crippen molar-refractivity contribution in [3.8, 4) is 0 Å². The molecule has 0 radical (unpaired) electrons. The summed E-state index contributed by atoms with van der Waals surface area (Å²) in [5, 5.41) is 3.31. The summed E-state index contributed by atoms with van der Waals surface area (Å²) in [6, 6.07) is 6.60. The first kappa shape index (κ1) is 9.58. The van der Waals surface area contributed by atoms with Crippen molar-refractivity contribution in [3.05, 3.63) is 36.3 Å². The van der Waals surface area contributed by atoms with Crippen LogP contribution in [-0.2, 0) is 4.79 Å². The molecule has 2 rings (SSSR count). The number of amides is 1. The lowest BCUT2D eigenvalue weighted by Crippen LogP contribution is -2.06. The predicted molar refractivity (Wildman–Crippen MR) is 56.0 cm³/mol. The van der Waals surface area contributed by atoms with Gasteiger partial charge in [0.2, 0.25) is 5.91 Å². The number of fused-ring (bicyclic) bond motifs is 1. The van der Waals surface area contributed by atoms with E-state index in [9.17, 15) is 9.18 Å². The number of carbonyl (C=O) groups excluding carboxylic acids is 1. The molecule has 76 valence electrons. The van der Waals surface area contributed by atoms with Gasteiger partial charge >= 0.3 is 0 Å². The number of para-hydroxylation sites is 1. The molecule has 0 spiro atoms. The van der Waals surface area contributed by atoms with E-state index in [1.807, 2.05) is 0 Å². The molecular weight excluding hydrogens is 195 g/mol. The number of nitrogens with one attached hydrogen (secondary N) is 1. The lowest BCUT2D eigenvalue weighted by Gasteiger charge is -2.05. The number of hydrogen-bond acceptors (Lipinski definition) is 2. The van der Waals surface area contributed by atoms with E-state index in [2.05, 4.69) is 10.3 Å². The van der Waals surface area contributed by atoms with Gasteiger partial charge in [-0.25, -0.2) is 4.39 Å². The van der Waals surface area contributed by atoms with Crippen molar-refractivity contribution in [1.82, 2.24) is 4.98 Å². The van der Waals surface area contributed by atoms with Gasteiger partial charge in [0.05, 0.1) is 17.4 Å². The monoisotopic (exact) mass is 204 g/mol. The smallest absolute Gasteiger partial charge is 0.221 e. The molecule has 15 heavy (non-hydrogen) atoms. The highest BCUT2D eigenvalue weighted by Crippen LogP contribution is 2.21. The lowest BCUT2D eigenvalue weighted by molar-refractivity contribution is -0.114. The number of aromatic nitrogens is 1. The normalized spacial score (nSPS) is 10.3. The SMILES string of the molecule is CC(=O)Nc1cccc2cc(F)cnc12. The minimum Gasteiger partial charge on any atom is -0.324 e. The summed E-state index contributed by atoms with van der Waals surface area (Å²) in [6.07, 6.45) is 1.13. The number of rotatable bonds is 1. The Morgan fingerprint density at radius 1 is 1.47 bits per heavy atom. The van der Waals surface area contributed by atoms with Crippen molar-refractivity contribution >= 4 is 22.5 Å². The van der Waals surface area contributed by atoms with Crippen molar-refractivity contribution in [2.75, 3.05) is 5.32 Å². The summed E-state index contributed by atoms with van der Waals surface area (Å²) in [4.78, 5) is 14.9. The van der Waals surface area contributed by atoms with Gasteiger partial charge in [-0.05, 0) is 12.1 Å². The van der Waals surface area contributed by atoms with Crippen LogP contribution in [0.5, 0.6) is 0 Å². The third-order valence-corrected chi connectivity index (χ3v) is 1.99. The first-order chi connectivity index (χ1) is 7.16. The maximum atomic E-state index is 12.9. The van der Waals surface area contributed by atoms with Crippen LogP contribution in [0.2, 0.25) is 0 Å². The number of carbonyl (C=O) groups is 1. The molecule has 1 N–H and O–H groups in total. The Hall–Kier alpha value is -1.97. The molecule has 0 saturated carbocycles. The van der Waals surface area contributed by atoms with E-state index in [4.69, 9.17) is 0 Å². The zero-order valence-corrected chi connectivity index (χ0v) is 8.12. The van der Waals surface area contributed by atoms with E-state index in [1.165, 1.54) is 13.0 Å². The Kier molecular flexibility index (Phi) is 2.33. The molecule has 1 aromatic heterocycles. The third-order valence-electron chi connectivity index (χ3n) is 1.99. The van der Waals surface area contributed by atoms with Crippen molar-refractivity contribution < 1.29 is 9.18 Å². The van der Waals surface area contributed by atoms with E-state index >= 15 is 0 Å². The fourth-order valence-corrected chi connectivity index (χ4v) is 1.42. The van der Waals surface area contributed by atoms with Gasteiger partial charge in [0, 0.05) is 12.3 Å². The highest BCUT2D eigenvalue weighted by molar-refractivity contribution is 5.99. The summed E-state index contributed by atoms with van der Waals surface area (Å²) in [6.45, 7) is 1.42. The van der Waals surface area contributed by atoms with Gasteiger partial charge in [0.1, 0.15) is 5.82 Å². The topological polar surface area (TPSA) is 42.0 Å². The Labute approximate surface area is 85.9 Å². The molecule has 0 aliphatic carbocycles. The largest absolute Gasteiger partial charge is 0.324 e. The van der Waals surface area contributed by atoms with Crippen LogP contribution < -0.4 is 5.32 Å². The summed E-state index contributed by atoms with van der Waals surface area (Å²) >= 11 is 0. The van der Waals surface area contributed by atoms with E-state index in [0.29, 0.717) is 16.6 Å². The third kappa shape index (κ3) is 1.93. The van der Waals surface area contributed by atoms with Crippen molar-refractivity contribution in [2.45, 2.75) is 6.92 Å². The molecule has 1 amide bonds. The van der Waals surface area contributed by atoms with Crippen LogP contribution in [0.4, 0.5) is 10.1 Å². The van der Waals surface area contributed by atoms with Gasteiger partial charge in [-0.1, -0.05) is 12.1 Å². The van der Waals surface area contributed by atoms with E-state index < -0.39 is 0 Å². The molecule has 0 aliphatic rings.